The monoisotopic (exact) mass is 277 g/mol. The topological polar surface area (TPSA) is 98.3 Å². The van der Waals surface area contributed by atoms with Crippen molar-refractivity contribution >= 4 is 17.3 Å². The lowest BCUT2D eigenvalue weighted by Gasteiger charge is -2.13. The Morgan fingerprint density at radius 3 is 2.80 bits per heavy atom. The van der Waals surface area contributed by atoms with Crippen LogP contribution in [0.4, 0.5) is 11.4 Å². The van der Waals surface area contributed by atoms with E-state index in [9.17, 15) is 14.9 Å². The first-order chi connectivity index (χ1) is 9.47. The van der Waals surface area contributed by atoms with Gasteiger partial charge in [-0.15, -0.1) is 0 Å². The molecule has 3 N–H and O–H groups in total. The van der Waals surface area contributed by atoms with E-state index < -0.39 is 10.8 Å². The number of nitrogens with zero attached hydrogens (tertiary/aromatic N) is 1. The molecule has 0 heterocycles. The van der Waals surface area contributed by atoms with Crippen LogP contribution in [0.2, 0.25) is 0 Å². The number of primary amides is 1. The van der Waals surface area contributed by atoms with Crippen molar-refractivity contribution in [3.05, 3.63) is 33.9 Å². The number of benzene rings is 1. The molecule has 0 bridgehead atoms. The van der Waals surface area contributed by atoms with Crippen LogP contribution in [-0.2, 0) is 0 Å². The molecule has 2 atom stereocenters. The van der Waals surface area contributed by atoms with Gasteiger partial charge in [-0.2, -0.15) is 0 Å². The number of hydrogen-bond acceptors (Lipinski definition) is 4. The number of hydrogen-bond donors (Lipinski definition) is 2. The highest BCUT2D eigenvalue weighted by molar-refractivity contribution is 5.94. The van der Waals surface area contributed by atoms with E-state index in [0.29, 0.717) is 24.1 Å². The first kappa shape index (κ1) is 14.3. The first-order valence-corrected chi connectivity index (χ1v) is 6.79. The number of nitro benzene ring substituents is 1. The van der Waals surface area contributed by atoms with E-state index in [1.807, 2.05) is 0 Å². The Bertz CT molecular complexity index is 530. The number of amides is 1. The molecule has 108 valence electrons. The van der Waals surface area contributed by atoms with Crippen LogP contribution in [-0.4, -0.2) is 17.4 Å². The van der Waals surface area contributed by atoms with Crippen LogP contribution in [0, 0.1) is 22.0 Å². The van der Waals surface area contributed by atoms with Crippen molar-refractivity contribution in [3.63, 3.8) is 0 Å². The second-order valence-corrected chi connectivity index (χ2v) is 5.52. The van der Waals surface area contributed by atoms with Crippen molar-refractivity contribution < 1.29 is 9.72 Å². The van der Waals surface area contributed by atoms with Crippen LogP contribution < -0.4 is 11.1 Å². The van der Waals surface area contributed by atoms with Gasteiger partial charge in [0.05, 0.1) is 4.92 Å². The Kier molecular flexibility index (Phi) is 4.22. The molecule has 1 aliphatic rings. The Hall–Kier alpha value is -2.11. The van der Waals surface area contributed by atoms with Crippen molar-refractivity contribution in [1.82, 2.24) is 0 Å². The molecule has 2 unspecified atom stereocenters. The van der Waals surface area contributed by atoms with Gasteiger partial charge < -0.3 is 11.1 Å². The molecule has 20 heavy (non-hydrogen) atoms. The van der Waals surface area contributed by atoms with E-state index in [4.69, 9.17) is 5.73 Å². The number of nitrogens with two attached hydrogens (primary N) is 1. The summed E-state index contributed by atoms with van der Waals surface area (Å²) in [6.07, 6.45) is 3.48. The SMILES string of the molecule is CC1CCC(CNc2cc(C(N)=O)ccc2[N+](=O)[O-])C1. The minimum Gasteiger partial charge on any atom is -0.379 e. The highest BCUT2D eigenvalue weighted by Crippen LogP contribution is 2.32. The molecule has 2 rings (SSSR count). The summed E-state index contributed by atoms with van der Waals surface area (Å²) in [6.45, 7) is 2.91. The van der Waals surface area contributed by atoms with Crippen LogP contribution in [0.1, 0.15) is 36.5 Å². The van der Waals surface area contributed by atoms with Crippen LogP contribution in [0.25, 0.3) is 0 Å². The summed E-state index contributed by atoms with van der Waals surface area (Å²) < 4.78 is 0. The summed E-state index contributed by atoms with van der Waals surface area (Å²) in [5.41, 5.74) is 5.82. The highest BCUT2D eigenvalue weighted by Gasteiger charge is 2.22. The fourth-order valence-corrected chi connectivity index (χ4v) is 2.75. The van der Waals surface area contributed by atoms with Gasteiger partial charge in [0.2, 0.25) is 5.91 Å². The molecule has 0 spiro atoms. The Morgan fingerprint density at radius 1 is 1.50 bits per heavy atom. The predicted molar refractivity (Wildman–Crippen MR) is 76.6 cm³/mol. The Balaban J connectivity index is 2.13. The highest BCUT2D eigenvalue weighted by atomic mass is 16.6. The van der Waals surface area contributed by atoms with Gasteiger partial charge in [0, 0.05) is 18.2 Å². The minimum atomic E-state index is -0.586. The zero-order valence-corrected chi connectivity index (χ0v) is 11.5. The van der Waals surface area contributed by atoms with Crippen molar-refractivity contribution in [2.45, 2.75) is 26.2 Å². The Labute approximate surface area is 117 Å². The lowest BCUT2D eigenvalue weighted by Crippen LogP contribution is -2.15. The molecule has 1 amide bonds. The summed E-state index contributed by atoms with van der Waals surface area (Å²) in [5, 5.41) is 14.1. The molecule has 1 saturated carbocycles. The average molecular weight is 277 g/mol. The standard InChI is InChI=1S/C14H19N3O3/c1-9-2-3-10(6-9)8-16-12-7-11(14(15)18)4-5-13(12)17(19)20/h4-5,7,9-10,16H,2-3,6,8H2,1H3,(H2,15,18). The van der Waals surface area contributed by atoms with E-state index >= 15 is 0 Å². The van der Waals surface area contributed by atoms with Gasteiger partial charge >= 0.3 is 0 Å². The zero-order valence-electron chi connectivity index (χ0n) is 11.5. The summed E-state index contributed by atoms with van der Waals surface area (Å²) in [4.78, 5) is 21.7. The fourth-order valence-electron chi connectivity index (χ4n) is 2.75. The molecule has 0 aliphatic heterocycles. The lowest BCUT2D eigenvalue weighted by molar-refractivity contribution is -0.384. The first-order valence-electron chi connectivity index (χ1n) is 6.79. The third-order valence-electron chi connectivity index (χ3n) is 3.86. The maximum Gasteiger partial charge on any atom is 0.292 e. The average Bonchev–Trinajstić information content (AvgIpc) is 2.81. The summed E-state index contributed by atoms with van der Waals surface area (Å²) in [6, 6.07) is 4.15. The third-order valence-corrected chi connectivity index (χ3v) is 3.86. The maximum atomic E-state index is 11.2. The van der Waals surface area contributed by atoms with E-state index in [2.05, 4.69) is 12.2 Å². The van der Waals surface area contributed by atoms with Gasteiger partial charge in [0.25, 0.3) is 5.69 Å². The second kappa shape index (κ2) is 5.90. The van der Waals surface area contributed by atoms with Crippen molar-refractivity contribution in [3.8, 4) is 0 Å². The maximum absolute atomic E-state index is 11.2. The summed E-state index contributed by atoms with van der Waals surface area (Å²) in [7, 11) is 0. The zero-order chi connectivity index (χ0) is 14.7. The Morgan fingerprint density at radius 2 is 2.25 bits per heavy atom. The van der Waals surface area contributed by atoms with E-state index in [-0.39, 0.29) is 11.3 Å². The van der Waals surface area contributed by atoms with E-state index in [1.165, 1.54) is 24.6 Å². The lowest BCUT2D eigenvalue weighted by atomic mass is 10.1. The molecular weight excluding hydrogens is 258 g/mol. The van der Waals surface area contributed by atoms with Crippen LogP contribution in [0.5, 0.6) is 0 Å². The van der Waals surface area contributed by atoms with Gasteiger partial charge in [-0.3, -0.25) is 14.9 Å². The van der Waals surface area contributed by atoms with Crippen molar-refractivity contribution in [2.24, 2.45) is 17.6 Å². The third kappa shape index (κ3) is 3.26. The quantitative estimate of drug-likeness (QED) is 0.638. The number of anilines is 1. The van der Waals surface area contributed by atoms with E-state index in [0.717, 1.165) is 12.8 Å². The smallest absolute Gasteiger partial charge is 0.292 e. The molecule has 1 aromatic carbocycles. The minimum absolute atomic E-state index is 0.0268. The molecule has 6 nitrogen and oxygen atoms in total. The largest absolute Gasteiger partial charge is 0.379 e. The van der Waals surface area contributed by atoms with Crippen molar-refractivity contribution in [2.75, 3.05) is 11.9 Å². The van der Waals surface area contributed by atoms with Gasteiger partial charge in [-0.1, -0.05) is 13.3 Å². The summed E-state index contributed by atoms with van der Waals surface area (Å²) in [5.74, 6) is 0.660. The van der Waals surface area contributed by atoms with E-state index in [1.54, 1.807) is 0 Å². The van der Waals surface area contributed by atoms with Crippen LogP contribution in [0.15, 0.2) is 18.2 Å². The number of carbonyl (C=O) groups is 1. The summed E-state index contributed by atoms with van der Waals surface area (Å²) >= 11 is 0. The normalized spacial score (nSPS) is 21.6. The van der Waals surface area contributed by atoms with Gasteiger partial charge in [-0.25, -0.2) is 0 Å². The molecule has 1 aromatic rings. The molecule has 0 saturated heterocycles. The number of nitro groups is 1. The predicted octanol–water partition coefficient (Wildman–Crippen LogP) is 2.54. The van der Waals surface area contributed by atoms with Gasteiger partial charge in [0.1, 0.15) is 5.69 Å². The fraction of sp³-hybridized carbons (Fsp3) is 0.500. The molecule has 6 heteroatoms. The molecule has 1 fully saturated rings. The molecule has 1 aliphatic carbocycles. The molecule has 0 aromatic heterocycles. The van der Waals surface area contributed by atoms with Crippen LogP contribution >= 0.6 is 0 Å². The molecular formula is C14H19N3O3. The van der Waals surface area contributed by atoms with Crippen molar-refractivity contribution in [1.29, 1.82) is 0 Å². The molecule has 0 radical (unpaired) electrons. The number of nitrogens with one attached hydrogen (secondary N) is 1. The number of rotatable bonds is 5. The van der Waals surface area contributed by atoms with Gasteiger partial charge in [-0.05, 0) is 36.8 Å². The van der Waals surface area contributed by atoms with Crippen LogP contribution in [0.3, 0.4) is 0 Å². The number of carbonyl (C=O) groups excluding carboxylic acids is 1. The van der Waals surface area contributed by atoms with Gasteiger partial charge in [0.15, 0.2) is 0 Å². The second-order valence-electron chi connectivity index (χ2n) is 5.52.